The highest BCUT2D eigenvalue weighted by Crippen LogP contribution is 2.28. The maximum absolute atomic E-state index is 11.6. The van der Waals surface area contributed by atoms with Gasteiger partial charge < -0.3 is 4.57 Å². The fraction of sp³-hybridized carbons (Fsp3) is 0.333. The van der Waals surface area contributed by atoms with Crippen LogP contribution in [0.2, 0.25) is 0 Å². The smallest absolute Gasteiger partial charge is 0.243 e. The SMILES string of the molecule is Cc1ccc(-n2c(C)cc(/C=N/NC(=O)C3CC3)c2C)cc1. The Bertz CT molecular complexity index is 722. The molecule has 1 saturated carbocycles. The molecule has 0 spiro atoms. The second-order valence-corrected chi connectivity index (χ2v) is 6.01. The van der Waals surface area contributed by atoms with Crippen molar-refractivity contribution in [2.24, 2.45) is 11.0 Å². The third-order valence-electron chi connectivity index (χ3n) is 4.09. The van der Waals surface area contributed by atoms with Gasteiger partial charge in [-0.05, 0) is 51.8 Å². The Morgan fingerprint density at radius 2 is 1.91 bits per heavy atom. The van der Waals surface area contributed by atoms with E-state index in [1.54, 1.807) is 6.21 Å². The highest BCUT2D eigenvalue weighted by atomic mass is 16.2. The molecular formula is C18H21N3O. The van der Waals surface area contributed by atoms with Crippen molar-refractivity contribution in [1.29, 1.82) is 0 Å². The van der Waals surface area contributed by atoms with Crippen LogP contribution in [0.1, 0.15) is 35.4 Å². The average Bonchev–Trinajstić information content (AvgIpc) is 3.29. The molecule has 0 unspecified atom stereocenters. The summed E-state index contributed by atoms with van der Waals surface area (Å²) in [6.07, 6.45) is 3.71. The molecule has 0 bridgehead atoms. The Balaban J connectivity index is 1.81. The van der Waals surface area contributed by atoms with E-state index in [4.69, 9.17) is 0 Å². The van der Waals surface area contributed by atoms with Gasteiger partial charge in [0.1, 0.15) is 0 Å². The minimum Gasteiger partial charge on any atom is -0.318 e. The molecule has 1 heterocycles. The molecule has 22 heavy (non-hydrogen) atoms. The van der Waals surface area contributed by atoms with E-state index in [1.165, 1.54) is 5.56 Å². The highest BCUT2D eigenvalue weighted by Gasteiger charge is 2.29. The normalized spacial score (nSPS) is 14.5. The van der Waals surface area contributed by atoms with E-state index in [1.807, 2.05) is 0 Å². The quantitative estimate of drug-likeness (QED) is 0.683. The van der Waals surface area contributed by atoms with Gasteiger partial charge >= 0.3 is 0 Å². The molecule has 1 amide bonds. The molecule has 0 atom stereocenters. The summed E-state index contributed by atoms with van der Waals surface area (Å²) in [5, 5.41) is 4.09. The molecule has 2 aromatic rings. The first-order valence-electron chi connectivity index (χ1n) is 7.65. The summed E-state index contributed by atoms with van der Waals surface area (Å²) in [6, 6.07) is 10.5. The van der Waals surface area contributed by atoms with Crippen molar-refractivity contribution < 1.29 is 4.79 Å². The van der Waals surface area contributed by atoms with Gasteiger partial charge in [-0.25, -0.2) is 5.43 Å². The third kappa shape index (κ3) is 2.96. The van der Waals surface area contributed by atoms with Crippen LogP contribution in [0.15, 0.2) is 35.4 Å². The largest absolute Gasteiger partial charge is 0.318 e. The molecule has 1 aromatic carbocycles. The number of hydrazone groups is 1. The maximum atomic E-state index is 11.6. The fourth-order valence-corrected chi connectivity index (χ4v) is 2.61. The number of carbonyl (C=O) groups excluding carboxylic acids is 1. The number of rotatable bonds is 4. The second kappa shape index (κ2) is 5.79. The molecule has 0 radical (unpaired) electrons. The van der Waals surface area contributed by atoms with Crippen LogP contribution in [0, 0.1) is 26.7 Å². The summed E-state index contributed by atoms with van der Waals surface area (Å²) < 4.78 is 2.20. The Morgan fingerprint density at radius 3 is 2.55 bits per heavy atom. The number of benzene rings is 1. The van der Waals surface area contributed by atoms with Crippen LogP contribution >= 0.6 is 0 Å². The van der Waals surface area contributed by atoms with Crippen molar-refractivity contribution in [2.45, 2.75) is 33.6 Å². The third-order valence-corrected chi connectivity index (χ3v) is 4.09. The van der Waals surface area contributed by atoms with E-state index in [0.717, 1.165) is 35.5 Å². The summed E-state index contributed by atoms with van der Waals surface area (Å²) in [7, 11) is 0. The summed E-state index contributed by atoms with van der Waals surface area (Å²) in [4.78, 5) is 11.6. The molecule has 1 N–H and O–H groups in total. The first kappa shape index (κ1) is 14.6. The number of hydrogen-bond acceptors (Lipinski definition) is 2. The Hall–Kier alpha value is -2.36. The monoisotopic (exact) mass is 295 g/mol. The zero-order valence-corrected chi connectivity index (χ0v) is 13.3. The standard InChI is InChI=1S/C18H21N3O/c1-12-4-8-17(9-5-12)21-13(2)10-16(14(21)3)11-19-20-18(22)15-6-7-15/h4-5,8-11,15H,6-7H2,1-3H3,(H,20,22)/b19-11+. The first-order chi connectivity index (χ1) is 10.6. The van der Waals surface area contributed by atoms with Crippen LogP contribution in [-0.4, -0.2) is 16.7 Å². The number of aryl methyl sites for hydroxylation is 2. The van der Waals surface area contributed by atoms with Crippen LogP contribution in [-0.2, 0) is 4.79 Å². The van der Waals surface area contributed by atoms with Crippen molar-refractivity contribution in [3.05, 3.63) is 52.8 Å². The van der Waals surface area contributed by atoms with Crippen molar-refractivity contribution in [3.8, 4) is 5.69 Å². The van der Waals surface area contributed by atoms with Gasteiger partial charge in [0.05, 0.1) is 6.21 Å². The predicted octanol–water partition coefficient (Wildman–Crippen LogP) is 3.26. The number of nitrogens with zero attached hydrogens (tertiary/aromatic N) is 2. The van der Waals surface area contributed by atoms with Crippen molar-refractivity contribution in [1.82, 2.24) is 9.99 Å². The lowest BCUT2D eigenvalue weighted by molar-refractivity contribution is -0.122. The lowest BCUT2D eigenvalue weighted by atomic mass is 10.2. The van der Waals surface area contributed by atoms with Crippen molar-refractivity contribution in [3.63, 3.8) is 0 Å². The molecule has 114 valence electrons. The van der Waals surface area contributed by atoms with E-state index < -0.39 is 0 Å². The molecule has 1 aliphatic carbocycles. The van der Waals surface area contributed by atoms with E-state index in [0.29, 0.717) is 0 Å². The van der Waals surface area contributed by atoms with Gasteiger partial charge in [0.2, 0.25) is 5.91 Å². The predicted molar refractivity (Wildman–Crippen MR) is 88.4 cm³/mol. The van der Waals surface area contributed by atoms with Gasteiger partial charge in [0, 0.05) is 28.6 Å². The lowest BCUT2D eigenvalue weighted by Crippen LogP contribution is -2.19. The average molecular weight is 295 g/mol. The van der Waals surface area contributed by atoms with Gasteiger partial charge in [-0.1, -0.05) is 17.7 Å². The van der Waals surface area contributed by atoms with Gasteiger partial charge in [-0.2, -0.15) is 5.10 Å². The number of carbonyl (C=O) groups is 1. The number of nitrogens with one attached hydrogen (secondary N) is 1. The maximum Gasteiger partial charge on any atom is 0.243 e. The highest BCUT2D eigenvalue weighted by molar-refractivity contribution is 5.85. The van der Waals surface area contributed by atoms with Gasteiger partial charge in [-0.3, -0.25) is 4.79 Å². The first-order valence-corrected chi connectivity index (χ1v) is 7.65. The van der Waals surface area contributed by atoms with Crippen LogP contribution in [0.3, 0.4) is 0 Å². The molecule has 1 aliphatic rings. The van der Waals surface area contributed by atoms with Crippen LogP contribution in [0.25, 0.3) is 5.69 Å². The summed E-state index contributed by atoms with van der Waals surface area (Å²) in [6.45, 7) is 6.23. The minimum absolute atomic E-state index is 0.0311. The molecule has 0 saturated heterocycles. The Kier molecular flexibility index (Phi) is 3.84. The Morgan fingerprint density at radius 1 is 1.23 bits per heavy atom. The van der Waals surface area contributed by atoms with Crippen molar-refractivity contribution >= 4 is 12.1 Å². The summed E-state index contributed by atoms with van der Waals surface area (Å²) >= 11 is 0. The molecule has 1 aromatic heterocycles. The molecular weight excluding hydrogens is 274 g/mol. The minimum atomic E-state index is 0.0311. The molecule has 4 heteroatoms. The van der Waals surface area contributed by atoms with Gasteiger partial charge in [0.25, 0.3) is 0 Å². The van der Waals surface area contributed by atoms with E-state index in [9.17, 15) is 4.79 Å². The molecule has 3 rings (SSSR count). The van der Waals surface area contributed by atoms with Crippen LogP contribution in [0.4, 0.5) is 0 Å². The summed E-state index contributed by atoms with van der Waals surface area (Å²) in [5.41, 5.74) is 8.29. The fourth-order valence-electron chi connectivity index (χ4n) is 2.61. The molecule has 4 nitrogen and oxygen atoms in total. The number of aromatic nitrogens is 1. The zero-order valence-electron chi connectivity index (χ0n) is 13.3. The topological polar surface area (TPSA) is 46.4 Å². The second-order valence-electron chi connectivity index (χ2n) is 6.01. The number of hydrogen-bond donors (Lipinski definition) is 1. The van der Waals surface area contributed by atoms with E-state index >= 15 is 0 Å². The molecule has 1 fully saturated rings. The van der Waals surface area contributed by atoms with Crippen molar-refractivity contribution in [2.75, 3.05) is 0 Å². The van der Waals surface area contributed by atoms with E-state index in [2.05, 4.69) is 66.2 Å². The lowest BCUT2D eigenvalue weighted by Gasteiger charge is -2.09. The Labute approximate surface area is 130 Å². The van der Waals surface area contributed by atoms with Crippen LogP contribution in [0.5, 0.6) is 0 Å². The number of amides is 1. The van der Waals surface area contributed by atoms with Gasteiger partial charge in [-0.15, -0.1) is 0 Å². The van der Waals surface area contributed by atoms with Gasteiger partial charge in [0.15, 0.2) is 0 Å². The summed E-state index contributed by atoms with van der Waals surface area (Å²) in [5.74, 6) is 0.209. The van der Waals surface area contributed by atoms with Crippen LogP contribution < -0.4 is 5.43 Å². The molecule has 0 aliphatic heterocycles. The van der Waals surface area contributed by atoms with E-state index in [-0.39, 0.29) is 11.8 Å². The zero-order chi connectivity index (χ0) is 15.7.